The molecule has 0 saturated carbocycles. The summed E-state index contributed by atoms with van der Waals surface area (Å²) in [5.74, 6) is -0.960. The normalized spacial score (nSPS) is 14.0. The smallest absolute Gasteiger partial charge is 0.129 e. The van der Waals surface area contributed by atoms with Gasteiger partial charge in [0.25, 0.3) is 0 Å². The molecule has 112 valence electrons. The van der Waals surface area contributed by atoms with Crippen LogP contribution in [0.2, 0.25) is 0 Å². The minimum Gasteiger partial charge on any atom is -0.307 e. The van der Waals surface area contributed by atoms with Gasteiger partial charge in [0.05, 0.1) is 0 Å². The van der Waals surface area contributed by atoms with Gasteiger partial charge < -0.3 is 5.32 Å². The van der Waals surface area contributed by atoms with Crippen molar-refractivity contribution in [1.29, 1.82) is 0 Å². The summed E-state index contributed by atoms with van der Waals surface area (Å²) in [7, 11) is 0. The van der Waals surface area contributed by atoms with E-state index in [-0.39, 0.29) is 17.6 Å². The van der Waals surface area contributed by atoms with Crippen molar-refractivity contribution >= 4 is 0 Å². The molecule has 3 heteroatoms. The largest absolute Gasteiger partial charge is 0.307 e. The molecule has 0 aliphatic carbocycles. The van der Waals surface area contributed by atoms with Crippen LogP contribution < -0.4 is 5.32 Å². The molecule has 21 heavy (non-hydrogen) atoms. The zero-order valence-electron chi connectivity index (χ0n) is 12.7. The fourth-order valence-corrected chi connectivity index (χ4v) is 2.47. The minimum atomic E-state index is -0.480. The van der Waals surface area contributed by atoms with Crippen LogP contribution in [0.25, 0.3) is 0 Å². The molecule has 2 rings (SSSR count). The first-order valence-electron chi connectivity index (χ1n) is 7.23. The average Bonchev–Trinajstić information content (AvgIpc) is 2.43. The van der Waals surface area contributed by atoms with E-state index in [4.69, 9.17) is 0 Å². The second-order valence-electron chi connectivity index (χ2n) is 5.60. The van der Waals surface area contributed by atoms with Crippen molar-refractivity contribution in [2.24, 2.45) is 0 Å². The first kappa shape index (κ1) is 15.6. The first-order chi connectivity index (χ1) is 9.97. The topological polar surface area (TPSA) is 12.0 Å². The van der Waals surface area contributed by atoms with Crippen molar-refractivity contribution in [3.8, 4) is 0 Å². The van der Waals surface area contributed by atoms with Gasteiger partial charge in [0.1, 0.15) is 11.6 Å². The Bertz CT molecular complexity index is 572. The lowest BCUT2D eigenvalue weighted by molar-refractivity contribution is 0.457. The van der Waals surface area contributed by atoms with Crippen LogP contribution in [0, 0.1) is 18.6 Å². The second kappa shape index (κ2) is 6.81. The minimum absolute atomic E-state index is 0.0206. The van der Waals surface area contributed by atoms with Gasteiger partial charge in [0.2, 0.25) is 0 Å². The maximum atomic E-state index is 13.6. The van der Waals surface area contributed by atoms with Gasteiger partial charge in [-0.3, -0.25) is 0 Å². The van der Waals surface area contributed by atoms with Crippen LogP contribution in [0.3, 0.4) is 0 Å². The number of benzene rings is 2. The van der Waals surface area contributed by atoms with Crippen LogP contribution in [-0.2, 0) is 6.42 Å². The van der Waals surface area contributed by atoms with Crippen LogP contribution >= 0.6 is 0 Å². The van der Waals surface area contributed by atoms with Gasteiger partial charge in [-0.1, -0.05) is 35.9 Å². The van der Waals surface area contributed by atoms with E-state index >= 15 is 0 Å². The van der Waals surface area contributed by atoms with Crippen LogP contribution in [0.1, 0.15) is 36.6 Å². The molecular formula is C18H21F2N. The van der Waals surface area contributed by atoms with E-state index in [9.17, 15) is 8.78 Å². The number of hydrogen-bond donors (Lipinski definition) is 1. The van der Waals surface area contributed by atoms with Gasteiger partial charge in [-0.15, -0.1) is 0 Å². The Hall–Kier alpha value is -1.74. The van der Waals surface area contributed by atoms with Crippen LogP contribution in [0.15, 0.2) is 42.5 Å². The lowest BCUT2D eigenvalue weighted by atomic mass is 10.0. The van der Waals surface area contributed by atoms with Gasteiger partial charge >= 0.3 is 0 Å². The van der Waals surface area contributed by atoms with Crippen molar-refractivity contribution in [2.45, 2.75) is 39.3 Å². The standard InChI is InChI=1S/C18H21F2N/c1-12-7-9-15(10-8-12)14(3)21-13(2)11-16-17(19)5-4-6-18(16)20/h4-10,13-14,21H,11H2,1-3H3. The number of halogens is 2. The van der Waals surface area contributed by atoms with Crippen LogP contribution in [0.5, 0.6) is 0 Å². The summed E-state index contributed by atoms with van der Waals surface area (Å²) in [5.41, 5.74) is 2.53. The third kappa shape index (κ3) is 4.11. The SMILES string of the molecule is Cc1ccc(C(C)NC(C)Cc2c(F)cccc2F)cc1. The molecule has 2 aromatic carbocycles. The summed E-state index contributed by atoms with van der Waals surface area (Å²) in [6, 6.07) is 12.4. The Balaban J connectivity index is 2.01. The Kier molecular flexibility index (Phi) is 5.07. The molecule has 2 atom stereocenters. The Morgan fingerprint density at radius 3 is 2.10 bits per heavy atom. The summed E-state index contributed by atoms with van der Waals surface area (Å²) >= 11 is 0. The van der Waals surface area contributed by atoms with E-state index in [1.807, 2.05) is 13.8 Å². The molecule has 1 N–H and O–H groups in total. The predicted octanol–water partition coefficient (Wildman–Crippen LogP) is 4.56. The van der Waals surface area contributed by atoms with Gasteiger partial charge in [-0.05, 0) is 44.9 Å². The summed E-state index contributed by atoms with van der Waals surface area (Å²) in [6.45, 7) is 6.04. The van der Waals surface area contributed by atoms with E-state index in [2.05, 4.69) is 36.5 Å². The van der Waals surface area contributed by atoms with Crippen molar-refractivity contribution in [3.63, 3.8) is 0 Å². The monoisotopic (exact) mass is 289 g/mol. The molecule has 0 saturated heterocycles. The lowest BCUT2D eigenvalue weighted by Gasteiger charge is -2.21. The van der Waals surface area contributed by atoms with Gasteiger partial charge in [0.15, 0.2) is 0 Å². The maximum absolute atomic E-state index is 13.6. The molecule has 2 aromatic rings. The zero-order valence-corrected chi connectivity index (χ0v) is 12.7. The Morgan fingerprint density at radius 1 is 0.952 bits per heavy atom. The molecule has 0 amide bonds. The molecule has 0 radical (unpaired) electrons. The van der Waals surface area contributed by atoms with Crippen LogP contribution in [-0.4, -0.2) is 6.04 Å². The molecule has 0 spiro atoms. The molecule has 2 unspecified atom stereocenters. The highest BCUT2D eigenvalue weighted by molar-refractivity contribution is 5.24. The molecule has 1 nitrogen and oxygen atoms in total. The summed E-state index contributed by atoms with van der Waals surface area (Å²) < 4.78 is 27.3. The zero-order chi connectivity index (χ0) is 15.4. The number of hydrogen-bond acceptors (Lipinski definition) is 1. The van der Waals surface area contributed by atoms with E-state index in [0.29, 0.717) is 6.42 Å². The lowest BCUT2D eigenvalue weighted by Crippen LogP contribution is -2.31. The number of aryl methyl sites for hydroxylation is 1. The molecule has 0 aromatic heterocycles. The molecule has 0 fully saturated rings. The maximum Gasteiger partial charge on any atom is 0.129 e. The Labute approximate surface area is 125 Å². The van der Waals surface area contributed by atoms with E-state index < -0.39 is 11.6 Å². The highest BCUT2D eigenvalue weighted by Crippen LogP contribution is 2.17. The van der Waals surface area contributed by atoms with Crippen LogP contribution in [0.4, 0.5) is 8.78 Å². The quantitative estimate of drug-likeness (QED) is 0.851. The van der Waals surface area contributed by atoms with E-state index in [1.54, 1.807) is 0 Å². The number of nitrogens with one attached hydrogen (secondary N) is 1. The summed E-state index contributed by atoms with van der Waals surface area (Å²) in [6.07, 6.45) is 0.328. The fourth-order valence-electron chi connectivity index (χ4n) is 2.47. The molecule has 0 heterocycles. The van der Waals surface area contributed by atoms with E-state index in [1.165, 1.54) is 29.3 Å². The summed E-state index contributed by atoms with van der Waals surface area (Å²) in [4.78, 5) is 0. The van der Waals surface area contributed by atoms with Gasteiger partial charge in [0, 0.05) is 17.6 Å². The van der Waals surface area contributed by atoms with Crippen molar-refractivity contribution in [1.82, 2.24) is 5.32 Å². The van der Waals surface area contributed by atoms with Crippen molar-refractivity contribution in [3.05, 3.63) is 70.8 Å². The number of rotatable bonds is 5. The molecule has 0 aliphatic rings. The molecular weight excluding hydrogens is 268 g/mol. The van der Waals surface area contributed by atoms with Crippen molar-refractivity contribution in [2.75, 3.05) is 0 Å². The fraction of sp³-hybridized carbons (Fsp3) is 0.333. The third-order valence-corrected chi connectivity index (χ3v) is 3.68. The summed E-state index contributed by atoms with van der Waals surface area (Å²) in [5, 5.41) is 3.39. The highest BCUT2D eigenvalue weighted by Gasteiger charge is 2.14. The third-order valence-electron chi connectivity index (χ3n) is 3.68. The average molecular weight is 289 g/mol. The van der Waals surface area contributed by atoms with Crippen molar-refractivity contribution < 1.29 is 8.78 Å². The molecule has 0 bridgehead atoms. The van der Waals surface area contributed by atoms with Gasteiger partial charge in [-0.25, -0.2) is 8.78 Å². The van der Waals surface area contributed by atoms with Gasteiger partial charge in [-0.2, -0.15) is 0 Å². The van der Waals surface area contributed by atoms with E-state index in [0.717, 1.165) is 0 Å². The molecule has 0 aliphatic heterocycles. The highest BCUT2D eigenvalue weighted by atomic mass is 19.1. The predicted molar refractivity (Wildman–Crippen MR) is 82.3 cm³/mol. The Morgan fingerprint density at radius 2 is 1.52 bits per heavy atom. The second-order valence-corrected chi connectivity index (χ2v) is 5.60. The first-order valence-corrected chi connectivity index (χ1v) is 7.23.